The third-order valence-corrected chi connectivity index (χ3v) is 14.7. The Morgan fingerprint density at radius 3 is 1.42 bits per heavy atom. The zero-order chi connectivity index (χ0) is 45.4. The summed E-state index contributed by atoms with van der Waals surface area (Å²) in [6.07, 6.45) is 0. The van der Waals surface area contributed by atoms with Crippen molar-refractivity contribution in [2.24, 2.45) is 0 Å². The van der Waals surface area contributed by atoms with Crippen LogP contribution in [0.25, 0.3) is 132 Å². The molecule has 4 heterocycles. The van der Waals surface area contributed by atoms with Crippen molar-refractivity contribution in [3.8, 4) is 67.8 Å². The maximum Gasteiger partial charge on any atom is 0.164 e. The first-order chi connectivity index (χ1) is 34.2. The summed E-state index contributed by atoms with van der Waals surface area (Å²) in [5.74, 6) is 1.96. The van der Waals surface area contributed by atoms with E-state index in [1.54, 1.807) is 0 Å². The minimum absolute atomic E-state index is 0.651. The van der Waals surface area contributed by atoms with Gasteiger partial charge in [-0.15, -0.1) is 11.3 Å². The second-order valence-corrected chi connectivity index (χ2v) is 18.7. The molecule has 0 aliphatic rings. The molecule has 0 saturated heterocycles. The monoisotopic (exact) mass is 897 g/mol. The van der Waals surface area contributed by atoms with E-state index in [-0.39, 0.29) is 0 Å². The van der Waals surface area contributed by atoms with Gasteiger partial charge in [-0.25, -0.2) is 15.0 Å². The van der Waals surface area contributed by atoms with E-state index in [9.17, 15) is 0 Å². The summed E-state index contributed by atoms with van der Waals surface area (Å²) in [4.78, 5) is 15.0. The molecule has 0 bridgehead atoms. The van der Waals surface area contributed by atoms with E-state index >= 15 is 0 Å². The summed E-state index contributed by atoms with van der Waals surface area (Å²) in [6.45, 7) is 0. The van der Waals surface area contributed by atoms with Crippen LogP contribution in [0.3, 0.4) is 0 Å². The first kappa shape index (κ1) is 39.2. The maximum absolute atomic E-state index is 5.05. The van der Waals surface area contributed by atoms with Crippen LogP contribution in [0.2, 0.25) is 0 Å². The van der Waals surface area contributed by atoms with Crippen LogP contribution < -0.4 is 0 Å². The Morgan fingerprint density at radius 1 is 0.275 bits per heavy atom. The van der Waals surface area contributed by atoms with Crippen LogP contribution in [-0.2, 0) is 0 Å². The zero-order valence-electron chi connectivity index (χ0n) is 37.2. The molecule has 14 rings (SSSR count). The largest absolute Gasteiger partial charge is 0.309 e. The first-order valence-corrected chi connectivity index (χ1v) is 24.1. The molecular formula is C63H39N5S. The Labute approximate surface area is 401 Å². The smallest absolute Gasteiger partial charge is 0.164 e. The van der Waals surface area contributed by atoms with Crippen LogP contribution in [-0.4, -0.2) is 24.1 Å². The van der Waals surface area contributed by atoms with E-state index in [4.69, 9.17) is 15.0 Å². The molecule has 4 aromatic heterocycles. The predicted molar refractivity (Wildman–Crippen MR) is 289 cm³/mol. The fraction of sp³-hybridized carbons (Fsp3) is 0. The average Bonchev–Trinajstić information content (AvgIpc) is 4.08. The molecule has 14 aromatic rings. The molecule has 0 radical (unpaired) electrons. The summed E-state index contributed by atoms with van der Waals surface area (Å²) in [7, 11) is 0. The molecule has 0 unspecified atom stereocenters. The third kappa shape index (κ3) is 6.49. The number of para-hydroxylation sites is 3. The van der Waals surface area contributed by atoms with Crippen molar-refractivity contribution in [3.63, 3.8) is 0 Å². The van der Waals surface area contributed by atoms with Gasteiger partial charge < -0.3 is 9.13 Å². The predicted octanol–water partition coefficient (Wildman–Crippen LogP) is 16.8. The van der Waals surface area contributed by atoms with Gasteiger partial charge in [0.2, 0.25) is 0 Å². The highest BCUT2D eigenvalue weighted by atomic mass is 32.1. The van der Waals surface area contributed by atoms with Gasteiger partial charge in [-0.3, -0.25) is 0 Å². The van der Waals surface area contributed by atoms with Gasteiger partial charge in [0.1, 0.15) is 0 Å². The minimum Gasteiger partial charge on any atom is -0.309 e. The molecule has 5 nitrogen and oxygen atoms in total. The van der Waals surface area contributed by atoms with Crippen LogP contribution in [0.4, 0.5) is 0 Å². The number of aromatic nitrogens is 5. The molecule has 6 heteroatoms. The van der Waals surface area contributed by atoms with Gasteiger partial charge in [0.05, 0.1) is 22.1 Å². The molecule has 69 heavy (non-hydrogen) atoms. The van der Waals surface area contributed by atoms with E-state index in [2.05, 4.69) is 185 Å². The van der Waals surface area contributed by atoms with Crippen LogP contribution >= 0.6 is 11.3 Å². The number of nitrogens with zero attached hydrogens (tertiary/aromatic N) is 5. The fourth-order valence-corrected chi connectivity index (χ4v) is 11.4. The molecule has 322 valence electrons. The third-order valence-electron chi connectivity index (χ3n) is 13.6. The summed E-state index contributed by atoms with van der Waals surface area (Å²) in [5, 5.41) is 7.34. The highest BCUT2D eigenvalue weighted by molar-refractivity contribution is 7.25. The lowest BCUT2D eigenvalue weighted by molar-refractivity contribution is 1.07. The topological polar surface area (TPSA) is 48.5 Å². The number of fused-ring (bicyclic) bond motifs is 9. The van der Waals surface area contributed by atoms with E-state index in [0.29, 0.717) is 17.5 Å². The van der Waals surface area contributed by atoms with Crippen LogP contribution in [0.1, 0.15) is 0 Å². The van der Waals surface area contributed by atoms with Gasteiger partial charge in [0.25, 0.3) is 0 Å². The number of benzene rings is 10. The lowest BCUT2D eigenvalue weighted by Gasteiger charge is -2.10. The van der Waals surface area contributed by atoms with Crippen LogP contribution in [0.5, 0.6) is 0 Å². The van der Waals surface area contributed by atoms with E-state index < -0.39 is 0 Å². The highest BCUT2D eigenvalue weighted by Crippen LogP contribution is 2.43. The number of thiophene rings is 1. The summed E-state index contributed by atoms with van der Waals surface area (Å²) < 4.78 is 7.28. The van der Waals surface area contributed by atoms with Gasteiger partial charge in [0.15, 0.2) is 17.5 Å². The number of hydrogen-bond acceptors (Lipinski definition) is 4. The molecule has 0 aliphatic heterocycles. The standard InChI is InChI=1S/C63H39N5S/c1-5-16-40(17-6-1)61-64-62(41-18-7-2-8-19-41)66-63(65-61)45-31-35-59-53(38-45)52-36-42(30-34-58(52)69-59)43-28-32-49-51-37-44(29-33-55(51)68(57(49)39-43)47-22-11-4-12-23-47)48-25-15-27-56-60(48)50-24-13-14-26-54(50)67(56)46-20-9-3-10-21-46/h1-39H. The first-order valence-electron chi connectivity index (χ1n) is 23.3. The molecule has 0 aliphatic carbocycles. The quantitative estimate of drug-likeness (QED) is 0.160. The Bertz CT molecular complexity index is 4230. The van der Waals surface area contributed by atoms with Gasteiger partial charge in [0, 0.05) is 69.8 Å². The van der Waals surface area contributed by atoms with Crippen molar-refractivity contribution in [2.75, 3.05) is 0 Å². The Balaban J connectivity index is 0.910. The van der Waals surface area contributed by atoms with Crippen molar-refractivity contribution >= 4 is 75.1 Å². The van der Waals surface area contributed by atoms with Crippen molar-refractivity contribution in [1.82, 2.24) is 24.1 Å². The highest BCUT2D eigenvalue weighted by Gasteiger charge is 2.20. The van der Waals surface area contributed by atoms with E-state index in [1.807, 2.05) is 72.0 Å². The Hall–Kier alpha value is -8.97. The molecule has 0 fully saturated rings. The van der Waals surface area contributed by atoms with Gasteiger partial charge >= 0.3 is 0 Å². The molecule has 10 aromatic carbocycles. The summed E-state index contributed by atoms with van der Waals surface area (Å²) >= 11 is 1.82. The zero-order valence-corrected chi connectivity index (χ0v) is 38.0. The molecular weight excluding hydrogens is 859 g/mol. The lowest BCUT2D eigenvalue weighted by Crippen LogP contribution is -2.00. The SMILES string of the molecule is c1ccc(-c2nc(-c3ccccc3)nc(-c3ccc4sc5ccc(-c6ccc7c8cc(-c9cccc%10c9c9ccccc9n%10-c9ccccc9)ccc8n(-c8ccccc8)c7c6)cc5c4c3)n2)cc1. The maximum atomic E-state index is 5.05. The van der Waals surface area contributed by atoms with Crippen LogP contribution in [0, 0.1) is 0 Å². The molecule has 0 saturated carbocycles. The van der Waals surface area contributed by atoms with Crippen molar-refractivity contribution in [3.05, 3.63) is 237 Å². The van der Waals surface area contributed by atoms with E-state index in [0.717, 1.165) is 33.6 Å². The summed E-state index contributed by atoms with van der Waals surface area (Å²) in [5.41, 5.74) is 14.6. The molecule has 0 amide bonds. The lowest BCUT2D eigenvalue weighted by atomic mass is 9.97. The Morgan fingerprint density at radius 2 is 0.754 bits per heavy atom. The Kier molecular flexibility index (Phi) is 9.00. The molecule has 0 spiro atoms. The number of rotatable bonds is 7. The van der Waals surface area contributed by atoms with Crippen molar-refractivity contribution < 1.29 is 0 Å². The van der Waals surface area contributed by atoms with E-state index in [1.165, 1.54) is 80.5 Å². The average molecular weight is 898 g/mol. The van der Waals surface area contributed by atoms with Gasteiger partial charge in [-0.2, -0.15) is 0 Å². The second-order valence-electron chi connectivity index (χ2n) is 17.6. The normalized spacial score (nSPS) is 11.8. The van der Waals surface area contributed by atoms with Gasteiger partial charge in [-0.05, 0) is 107 Å². The number of hydrogen-bond donors (Lipinski definition) is 0. The summed E-state index contributed by atoms with van der Waals surface area (Å²) in [6, 6.07) is 84.8. The van der Waals surface area contributed by atoms with Gasteiger partial charge in [-0.1, -0.05) is 152 Å². The van der Waals surface area contributed by atoms with Crippen molar-refractivity contribution in [1.29, 1.82) is 0 Å². The molecule has 0 atom stereocenters. The van der Waals surface area contributed by atoms with Crippen LogP contribution in [0.15, 0.2) is 237 Å². The minimum atomic E-state index is 0.651. The van der Waals surface area contributed by atoms with Crippen molar-refractivity contribution in [2.45, 2.75) is 0 Å². The molecule has 0 N–H and O–H groups in total. The second kappa shape index (κ2) is 15.8. The fourth-order valence-electron chi connectivity index (χ4n) is 10.4.